The van der Waals surface area contributed by atoms with Crippen LogP contribution < -0.4 is 5.32 Å². The number of carbonyl (C=O) groups is 1. The molecule has 0 bridgehead atoms. The zero-order valence-corrected chi connectivity index (χ0v) is 18.0. The molecule has 0 fully saturated rings. The van der Waals surface area contributed by atoms with E-state index in [1.165, 1.54) is 18.4 Å². The second-order valence-electron chi connectivity index (χ2n) is 7.90. The second-order valence-corrected chi connectivity index (χ2v) is 7.90. The number of carbonyl (C=O) groups excluding carboxylic acids is 1. The highest BCUT2D eigenvalue weighted by atomic mass is 16.1. The molecule has 1 unspecified atom stereocenters. The lowest BCUT2D eigenvalue weighted by molar-refractivity contribution is 0.0934. The SMILES string of the molecule is CCCCCn1c(C(Cc2ccccc2)NC(=O)c2ccccc2)nc2ccccc21. The van der Waals surface area contributed by atoms with Gasteiger partial charge in [0.15, 0.2) is 0 Å². The molecular formula is C27H29N3O. The number of hydrogen-bond acceptors (Lipinski definition) is 2. The summed E-state index contributed by atoms with van der Waals surface area (Å²) in [6, 6.07) is 27.7. The number of aryl methyl sites for hydroxylation is 1. The van der Waals surface area contributed by atoms with Gasteiger partial charge in [-0.2, -0.15) is 0 Å². The molecule has 31 heavy (non-hydrogen) atoms. The Labute approximate surface area is 183 Å². The third kappa shape index (κ3) is 5.02. The zero-order chi connectivity index (χ0) is 21.5. The van der Waals surface area contributed by atoms with Crippen LogP contribution in [0.25, 0.3) is 11.0 Å². The summed E-state index contributed by atoms with van der Waals surface area (Å²) < 4.78 is 2.30. The van der Waals surface area contributed by atoms with Crippen LogP contribution in [-0.4, -0.2) is 15.5 Å². The fourth-order valence-corrected chi connectivity index (χ4v) is 4.00. The lowest BCUT2D eigenvalue weighted by Gasteiger charge is -2.21. The van der Waals surface area contributed by atoms with Crippen molar-refractivity contribution in [2.24, 2.45) is 0 Å². The summed E-state index contributed by atoms with van der Waals surface area (Å²) in [5, 5.41) is 3.27. The Bertz CT molecular complexity index is 1120. The number of hydrogen-bond donors (Lipinski definition) is 1. The fourth-order valence-electron chi connectivity index (χ4n) is 4.00. The molecule has 1 amide bonds. The van der Waals surface area contributed by atoms with E-state index in [1.807, 2.05) is 60.7 Å². The maximum atomic E-state index is 13.1. The lowest BCUT2D eigenvalue weighted by Crippen LogP contribution is -2.32. The maximum absolute atomic E-state index is 13.1. The van der Waals surface area contributed by atoms with E-state index >= 15 is 0 Å². The normalized spacial score (nSPS) is 12.0. The van der Waals surface area contributed by atoms with Gasteiger partial charge in [0, 0.05) is 12.1 Å². The van der Waals surface area contributed by atoms with Crippen molar-refractivity contribution in [1.82, 2.24) is 14.9 Å². The highest BCUT2D eigenvalue weighted by molar-refractivity contribution is 5.94. The molecule has 0 saturated heterocycles. The predicted molar refractivity (Wildman–Crippen MR) is 126 cm³/mol. The Balaban J connectivity index is 1.72. The second kappa shape index (κ2) is 10.1. The molecule has 1 aromatic heterocycles. The number of fused-ring (bicyclic) bond motifs is 1. The molecule has 4 heteroatoms. The topological polar surface area (TPSA) is 46.9 Å². The van der Waals surface area contributed by atoms with E-state index < -0.39 is 0 Å². The highest BCUT2D eigenvalue weighted by Crippen LogP contribution is 2.25. The summed E-state index contributed by atoms with van der Waals surface area (Å²) in [6.07, 6.45) is 4.12. The summed E-state index contributed by atoms with van der Waals surface area (Å²) >= 11 is 0. The van der Waals surface area contributed by atoms with Gasteiger partial charge < -0.3 is 9.88 Å². The summed E-state index contributed by atoms with van der Waals surface area (Å²) in [5.74, 6) is 0.846. The molecule has 3 aromatic carbocycles. The molecule has 0 aliphatic heterocycles. The Morgan fingerprint density at radius 3 is 2.32 bits per heavy atom. The molecule has 4 nitrogen and oxygen atoms in total. The van der Waals surface area contributed by atoms with Gasteiger partial charge >= 0.3 is 0 Å². The van der Waals surface area contributed by atoms with E-state index in [2.05, 4.69) is 41.1 Å². The Hall–Kier alpha value is -3.40. The quantitative estimate of drug-likeness (QED) is 0.346. The number of para-hydroxylation sites is 2. The van der Waals surface area contributed by atoms with E-state index in [9.17, 15) is 4.79 Å². The van der Waals surface area contributed by atoms with Gasteiger partial charge in [0.2, 0.25) is 0 Å². The van der Waals surface area contributed by atoms with Gasteiger partial charge in [0.05, 0.1) is 17.1 Å². The molecule has 0 spiro atoms. The first-order valence-electron chi connectivity index (χ1n) is 11.1. The molecule has 0 saturated carbocycles. The van der Waals surface area contributed by atoms with E-state index in [4.69, 9.17) is 4.98 Å². The maximum Gasteiger partial charge on any atom is 0.251 e. The monoisotopic (exact) mass is 411 g/mol. The van der Waals surface area contributed by atoms with Crippen LogP contribution in [0.3, 0.4) is 0 Å². The van der Waals surface area contributed by atoms with Crippen molar-refractivity contribution in [1.29, 1.82) is 0 Å². The number of imidazole rings is 1. The average molecular weight is 412 g/mol. The third-order valence-electron chi connectivity index (χ3n) is 5.60. The minimum Gasteiger partial charge on any atom is -0.342 e. The van der Waals surface area contributed by atoms with Gasteiger partial charge in [-0.3, -0.25) is 4.79 Å². The van der Waals surface area contributed by atoms with Crippen LogP contribution in [0.4, 0.5) is 0 Å². The van der Waals surface area contributed by atoms with Gasteiger partial charge in [0.25, 0.3) is 5.91 Å². The van der Waals surface area contributed by atoms with Gasteiger partial charge in [-0.05, 0) is 42.7 Å². The first kappa shape index (κ1) is 20.9. The molecule has 1 heterocycles. The smallest absolute Gasteiger partial charge is 0.251 e. The number of nitrogens with one attached hydrogen (secondary N) is 1. The van der Waals surface area contributed by atoms with Crippen molar-refractivity contribution in [3.8, 4) is 0 Å². The van der Waals surface area contributed by atoms with Crippen molar-refractivity contribution < 1.29 is 4.79 Å². The van der Waals surface area contributed by atoms with E-state index in [0.29, 0.717) is 12.0 Å². The molecule has 1 N–H and O–H groups in total. The average Bonchev–Trinajstić information content (AvgIpc) is 3.19. The fraction of sp³-hybridized carbons (Fsp3) is 0.259. The van der Waals surface area contributed by atoms with Crippen LogP contribution in [0.2, 0.25) is 0 Å². The minimum atomic E-state index is -0.218. The van der Waals surface area contributed by atoms with Crippen LogP contribution in [-0.2, 0) is 13.0 Å². The van der Waals surface area contributed by atoms with E-state index in [1.54, 1.807) is 0 Å². The molecule has 0 aliphatic rings. The van der Waals surface area contributed by atoms with Gasteiger partial charge in [0.1, 0.15) is 5.82 Å². The first-order valence-corrected chi connectivity index (χ1v) is 11.1. The predicted octanol–water partition coefficient (Wildman–Crippen LogP) is 5.94. The van der Waals surface area contributed by atoms with Crippen LogP contribution in [0.1, 0.15) is 54.0 Å². The summed E-state index contributed by atoms with van der Waals surface area (Å²) in [7, 11) is 0. The number of aromatic nitrogens is 2. The largest absolute Gasteiger partial charge is 0.342 e. The van der Waals surface area contributed by atoms with Crippen LogP contribution in [0.5, 0.6) is 0 Å². The van der Waals surface area contributed by atoms with Gasteiger partial charge in [-0.25, -0.2) is 4.98 Å². The minimum absolute atomic E-state index is 0.0753. The Kier molecular flexibility index (Phi) is 6.78. The molecular weight excluding hydrogens is 382 g/mol. The summed E-state index contributed by atoms with van der Waals surface area (Å²) in [5.41, 5.74) is 3.93. The number of benzene rings is 3. The molecule has 158 valence electrons. The van der Waals surface area contributed by atoms with Crippen LogP contribution >= 0.6 is 0 Å². The number of nitrogens with zero attached hydrogens (tertiary/aromatic N) is 2. The van der Waals surface area contributed by atoms with E-state index in [-0.39, 0.29) is 11.9 Å². The Morgan fingerprint density at radius 1 is 0.903 bits per heavy atom. The van der Waals surface area contributed by atoms with Crippen LogP contribution in [0, 0.1) is 0 Å². The third-order valence-corrected chi connectivity index (χ3v) is 5.60. The zero-order valence-electron chi connectivity index (χ0n) is 18.0. The lowest BCUT2D eigenvalue weighted by atomic mass is 10.0. The highest BCUT2D eigenvalue weighted by Gasteiger charge is 2.23. The standard InChI is InChI=1S/C27H29N3O/c1-2-3-12-19-30-25-18-11-10-17-23(25)28-26(30)24(20-21-13-6-4-7-14-21)29-27(31)22-15-8-5-9-16-22/h4-11,13-18,24H,2-3,12,19-20H2,1H3,(H,29,31). The summed E-state index contributed by atoms with van der Waals surface area (Å²) in [4.78, 5) is 18.0. The van der Waals surface area contributed by atoms with Crippen molar-refractivity contribution in [3.05, 3.63) is 102 Å². The van der Waals surface area contributed by atoms with Crippen molar-refractivity contribution in [3.63, 3.8) is 0 Å². The van der Waals surface area contributed by atoms with Crippen molar-refractivity contribution in [2.45, 2.75) is 45.2 Å². The van der Waals surface area contributed by atoms with Gasteiger partial charge in [-0.15, -0.1) is 0 Å². The molecule has 1 atom stereocenters. The van der Waals surface area contributed by atoms with E-state index in [0.717, 1.165) is 29.8 Å². The molecule has 4 aromatic rings. The number of amides is 1. The number of unbranched alkanes of at least 4 members (excludes halogenated alkanes) is 2. The first-order chi connectivity index (χ1) is 15.3. The number of rotatable bonds is 9. The molecule has 0 radical (unpaired) electrons. The molecule has 0 aliphatic carbocycles. The summed E-state index contributed by atoms with van der Waals surface area (Å²) in [6.45, 7) is 3.11. The van der Waals surface area contributed by atoms with Gasteiger partial charge in [-0.1, -0.05) is 80.4 Å². The Morgan fingerprint density at radius 2 is 1.58 bits per heavy atom. The van der Waals surface area contributed by atoms with Crippen molar-refractivity contribution in [2.75, 3.05) is 0 Å². The van der Waals surface area contributed by atoms with Crippen molar-refractivity contribution >= 4 is 16.9 Å². The van der Waals surface area contributed by atoms with Crippen LogP contribution in [0.15, 0.2) is 84.9 Å². The molecule has 4 rings (SSSR count).